The van der Waals surface area contributed by atoms with Crippen molar-refractivity contribution in [2.45, 2.75) is 65.4 Å². The van der Waals surface area contributed by atoms with Crippen LogP contribution in [0, 0.1) is 11.3 Å². The van der Waals surface area contributed by atoms with Gasteiger partial charge in [0.2, 0.25) is 5.91 Å². The number of carbonyl (C=O) groups is 3. The lowest BCUT2D eigenvalue weighted by Crippen LogP contribution is -2.54. The lowest BCUT2D eigenvalue weighted by Gasteiger charge is -2.32. The normalized spacial score (nSPS) is 13.8. The first-order valence-electron chi connectivity index (χ1n) is 10.2. The molecular weight excluding hydrogens is 429 g/mol. The summed E-state index contributed by atoms with van der Waals surface area (Å²) in [6.45, 7) is 5.35. The molecule has 32 heavy (non-hydrogen) atoms. The standard InChI is InChI=1S/C22H31F3N2O5/c1-14(2)11-16(19(29)31-5)26-18(28)17(12-21(3,4)22(23,24)25)27-20(30)32-13-15-9-7-6-8-10-15/h6-10,14,16-17H,11-13H2,1-5H3,(H,26,28)(H,27,30). The fourth-order valence-electron chi connectivity index (χ4n) is 2.84. The van der Waals surface area contributed by atoms with Crippen LogP contribution in [0.3, 0.4) is 0 Å². The van der Waals surface area contributed by atoms with Crippen LogP contribution in [-0.4, -0.2) is 43.3 Å². The molecule has 0 aliphatic heterocycles. The Morgan fingerprint density at radius 3 is 2.09 bits per heavy atom. The Hall–Kier alpha value is -2.78. The van der Waals surface area contributed by atoms with Gasteiger partial charge in [-0.25, -0.2) is 9.59 Å². The molecule has 0 aliphatic rings. The zero-order valence-electron chi connectivity index (χ0n) is 18.9. The molecule has 0 heterocycles. The average Bonchev–Trinajstić information content (AvgIpc) is 2.70. The van der Waals surface area contributed by atoms with E-state index in [4.69, 9.17) is 4.74 Å². The molecule has 0 radical (unpaired) electrons. The van der Waals surface area contributed by atoms with Crippen molar-refractivity contribution in [1.82, 2.24) is 10.6 Å². The highest BCUT2D eigenvalue weighted by Crippen LogP contribution is 2.41. The van der Waals surface area contributed by atoms with Gasteiger partial charge in [-0.1, -0.05) is 58.0 Å². The highest BCUT2D eigenvalue weighted by molar-refractivity contribution is 5.89. The van der Waals surface area contributed by atoms with Crippen LogP contribution in [0.15, 0.2) is 30.3 Å². The van der Waals surface area contributed by atoms with Gasteiger partial charge in [-0.3, -0.25) is 4.79 Å². The molecule has 1 aromatic rings. The summed E-state index contributed by atoms with van der Waals surface area (Å²) in [6.07, 6.45) is -6.21. The quantitative estimate of drug-likeness (QED) is 0.516. The first kappa shape index (κ1) is 27.3. The number of alkyl carbamates (subject to hydrolysis) is 1. The number of alkyl halides is 3. The molecule has 0 fully saturated rings. The fourth-order valence-corrected chi connectivity index (χ4v) is 2.84. The number of ether oxygens (including phenoxy) is 2. The molecular formula is C22H31F3N2O5. The molecule has 10 heteroatoms. The van der Waals surface area contributed by atoms with Crippen molar-refractivity contribution in [2.75, 3.05) is 7.11 Å². The molecule has 1 rings (SSSR count). The maximum Gasteiger partial charge on any atom is 0.408 e. The second-order valence-electron chi connectivity index (χ2n) is 8.56. The predicted octanol–water partition coefficient (Wildman–Crippen LogP) is 3.96. The summed E-state index contributed by atoms with van der Waals surface area (Å²) in [4.78, 5) is 37.1. The van der Waals surface area contributed by atoms with Gasteiger partial charge in [0.25, 0.3) is 0 Å². The van der Waals surface area contributed by atoms with Crippen molar-refractivity contribution < 1.29 is 37.0 Å². The average molecular weight is 460 g/mol. The second kappa shape index (κ2) is 11.7. The van der Waals surface area contributed by atoms with E-state index in [9.17, 15) is 27.6 Å². The highest BCUT2D eigenvalue weighted by atomic mass is 19.4. The zero-order valence-corrected chi connectivity index (χ0v) is 18.9. The Morgan fingerprint density at radius 1 is 1.00 bits per heavy atom. The maximum atomic E-state index is 13.4. The van der Waals surface area contributed by atoms with Gasteiger partial charge < -0.3 is 20.1 Å². The minimum absolute atomic E-state index is 0.00624. The van der Waals surface area contributed by atoms with Crippen molar-refractivity contribution >= 4 is 18.0 Å². The van der Waals surface area contributed by atoms with Gasteiger partial charge in [-0.2, -0.15) is 13.2 Å². The van der Waals surface area contributed by atoms with Gasteiger partial charge in [0.1, 0.15) is 18.7 Å². The second-order valence-corrected chi connectivity index (χ2v) is 8.56. The number of esters is 1. The summed E-state index contributed by atoms with van der Waals surface area (Å²) >= 11 is 0. The van der Waals surface area contributed by atoms with E-state index in [0.29, 0.717) is 5.56 Å². The summed E-state index contributed by atoms with van der Waals surface area (Å²) in [5, 5.41) is 4.61. The molecule has 0 spiro atoms. The van der Waals surface area contributed by atoms with Gasteiger partial charge in [0, 0.05) is 0 Å². The minimum Gasteiger partial charge on any atom is -0.467 e. The van der Waals surface area contributed by atoms with Crippen LogP contribution in [0.4, 0.5) is 18.0 Å². The maximum absolute atomic E-state index is 13.4. The van der Waals surface area contributed by atoms with Crippen LogP contribution in [0.25, 0.3) is 0 Å². The smallest absolute Gasteiger partial charge is 0.408 e. The lowest BCUT2D eigenvalue weighted by molar-refractivity contribution is -0.215. The largest absolute Gasteiger partial charge is 0.467 e. The lowest BCUT2D eigenvalue weighted by atomic mass is 9.84. The van der Waals surface area contributed by atoms with Crippen LogP contribution in [0.5, 0.6) is 0 Å². The highest BCUT2D eigenvalue weighted by Gasteiger charge is 2.49. The van der Waals surface area contributed by atoms with Crippen molar-refractivity contribution in [1.29, 1.82) is 0 Å². The van der Waals surface area contributed by atoms with E-state index in [1.165, 1.54) is 0 Å². The van der Waals surface area contributed by atoms with Gasteiger partial charge in [0.15, 0.2) is 0 Å². The molecule has 0 aliphatic carbocycles. The number of amides is 2. The number of halogens is 3. The predicted molar refractivity (Wildman–Crippen MR) is 111 cm³/mol. The Kier molecular flexibility index (Phi) is 9.99. The van der Waals surface area contributed by atoms with Crippen LogP contribution in [0.2, 0.25) is 0 Å². The van der Waals surface area contributed by atoms with E-state index in [2.05, 4.69) is 15.4 Å². The van der Waals surface area contributed by atoms with E-state index in [1.807, 2.05) is 13.8 Å². The first-order valence-corrected chi connectivity index (χ1v) is 10.2. The number of nitrogens with one attached hydrogen (secondary N) is 2. The van der Waals surface area contributed by atoms with E-state index in [1.54, 1.807) is 30.3 Å². The molecule has 2 amide bonds. The Morgan fingerprint density at radius 2 is 1.59 bits per heavy atom. The van der Waals surface area contributed by atoms with Crippen LogP contribution >= 0.6 is 0 Å². The number of benzene rings is 1. The van der Waals surface area contributed by atoms with Crippen molar-refractivity contribution in [3.63, 3.8) is 0 Å². The van der Waals surface area contributed by atoms with Gasteiger partial charge in [0.05, 0.1) is 12.5 Å². The Balaban J connectivity index is 2.98. The molecule has 2 atom stereocenters. The molecule has 0 bridgehead atoms. The van der Waals surface area contributed by atoms with E-state index < -0.39 is 48.1 Å². The van der Waals surface area contributed by atoms with Crippen molar-refractivity contribution in [2.24, 2.45) is 11.3 Å². The number of methoxy groups -OCH3 is 1. The van der Waals surface area contributed by atoms with Gasteiger partial charge in [-0.05, 0) is 24.3 Å². The van der Waals surface area contributed by atoms with E-state index >= 15 is 0 Å². The SMILES string of the molecule is COC(=O)C(CC(C)C)NC(=O)C(CC(C)(C)C(F)(F)F)NC(=O)OCc1ccccc1. The van der Waals surface area contributed by atoms with Gasteiger partial charge in [-0.15, -0.1) is 0 Å². The zero-order chi connectivity index (χ0) is 24.5. The summed E-state index contributed by atoms with van der Waals surface area (Å²) < 4.78 is 50.0. The molecule has 0 saturated carbocycles. The summed E-state index contributed by atoms with van der Waals surface area (Å²) in [5.74, 6) is -1.67. The molecule has 180 valence electrons. The third kappa shape index (κ3) is 8.76. The minimum atomic E-state index is -4.62. The molecule has 0 aromatic heterocycles. The fraction of sp³-hybridized carbons (Fsp3) is 0.591. The Labute approximate surface area is 186 Å². The number of hydrogen-bond acceptors (Lipinski definition) is 5. The van der Waals surface area contributed by atoms with Crippen LogP contribution in [-0.2, 0) is 25.7 Å². The Bertz CT molecular complexity index is 767. The summed E-state index contributed by atoms with van der Waals surface area (Å²) in [6, 6.07) is 6.01. The molecule has 7 nitrogen and oxygen atoms in total. The van der Waals surface area contributed by atoms with E-state index in [0.717, 1.165) is 21.0 Å². The van der Waals surface area contributed by atoms with Crippen molar-refractivity contribution in [3.05, 3.63) is 35.9 Å². The van der Waals surface area contributed by atoms with Crippen molar-refractivity contribution in [3.8, 4) is 0 Å². The first-order chi connectivity index (χ1) is 14.8. The molecule has 1 aromatic carbocycles. The third-order valence-corrected chi connectivity index (χ3v) is 4.81. The number of rotatable bonds is 10. The number of hydrogen-bond donors (Lipinski definition) is 2. The molecule has 2 N–H and O–H groups in total. The molecule has 2 unspecified atom stereocenters. The summed E-state index contributed by atoms with van der Waals surface area (Å²) in [7, 11) is 1.14. The summed E-state index contributed by atoms with van der Waals surface area (Å²) in [5.41, 5.74) is -1.62. The monoisotopic (exact) mass is 460 g/mol. The molecule has 0 saturated heterocycles. The van der Waals surface area contributed by atoms with Gasteiger partial charge >= 0.3 is 18.2 Å². The number of carbonyl (C=O) groups excluding carboxylic acids is 3. The third-order valence-electron chi connectivity index (χ3n) is 4.81. The van der Waals surface area contributed by atoms with Crippen LogP contribution < -0.4 is 10.6 Å². The topological polar surface area (TPSA) is 93.7 Å². The van der Waals surface area contributed by atoms with E-state index in [-0.39, 0.29) is 18.9 Å². The van der Waals surface area contributed by atoms with Crippen LogP contribution in [0.1, 0.15) is 46.1 Å².